The van der Waals surface area contributed by atoms with Crippen molar-refractivity contribution in [1.29, 1.82) is 0 Å². The molecule has 9 atom stereocenters. The van der Waals surface area contributed by atoms with Crippen molar-refractivity contribution in [3.63, 3.8) is 0 Å². The molecule has 0 spiro atoms. The first-order valence-electron chi connectivity index (χ1n) is 12.0. The number of ether oxygens (including phenoxy) is 2. The van der Waals surface area contributed by atoms with Gasteiger partial charge in [-0.2, -0.15) is 0 Å². The maximum Gasteiger partial charge on any atom is 0.239 e. The van der Waals surface area contributed by atoms with E-state index >= 15 is 0 Å². The van der Waals surface area contributed by atoms with Crippen molar-refractivity contribution >= 4 is 11.0 Å². The van der Waals surface area contributed by atoms with Gasteiger partial charge in [0, 0.05) is 0 Å². The van der Waals surface area contributed by atoms with E-state index in [1.54, 1.807) is 0 Å². The van der Waals surface area contributed by atoms with Gasteiger partial charge in [-0.15, -0.1) is 0 Å². The van der Waals surface area contributed by atoms with Gasteiger partial charge < -0.3 is 75.2 Å². The zero-order chi connectivity index (χ0) is 30.5. The largest absolute Gasteiger partial charge is 0.507 e. The average Bonchev–Trinajstić information content (AvgIpc) is 2.94. The summed E-state index contributed by atoms with van der Waals surface area (Å²) in [6.07, 6.45) is -18.4. The summed E-state index contributed by atoms with van der Waals surface area (Å²) in [7, 11) is 0. The van der Waals surface area contributed by atoms with Crippen LogP contribution < -0.4 is 10.2 Å². The molecule has 1 aliphatic heterocycles. The van der Waals surface area contributed by atoms with Crippen LogP contribution in [0.4, 0.5) is 0 Å². The third kappa shape index (κ3) is 5.07. The molecule has 1 fully saturated rings. The number of rotatable bonds is 7. The molecule has 1 aromatic heterocycles. The van der Waals surface area contributed by atoms with Gasteiger partial charge in [0.1, 0.15) is 53.9 Å². The summed E-state index contributed by atoms with van der Waals surface area (Å²) in [6.45, 7) is 1.09. The summed E-state index contributed by atoms with van der Waals surface area (Å²) in [5, 5.41) is 122. The highest BCUT2D eigenvalue weighted by Crippen LogP contribution is 2.50. The Kier molecular flexibility index (Phi) is 8.21. The Hall–Kier alpha value is -3.87. The topological polar surface area (TPSA) is 291 Å². The lowest BCUT2D eigenvalue weighted by molar-refractivity contribution is -0.298. The number of benzene rings is 2. The first-order valence-corrected chi connectivity index (χ1v) is 12.0. The molecule has 0 amide bonds. The summed E-state index contributed by atoms with van der Waals surface area (Å²) in [6, 6.07) is 5.18. The van der Waals surface area contributed by atoms with Gasteiger partial charge in [0.25, 0.3) is 0 Å². The molecule has 0 aliphatic carbocycles. The first kappa shape index (κ1) is 30.1. The second kappa shape index (κ2) is 11.2. The number of hydrogen-bond acceptors (Lipinski definition) is 16. The fourth-order valence-corrected chi connectivity index (χ4v) is 4.35. The monoisotopic (exact) mass is 584 g/mol. The number of para-hydroxylation sites is 1. The van der Waals surface area contributed by atoms with Crippen molar-refractivity contribution in [3.05, 3.63) is 34.5 Å². The second-order valence-corrected chi connectivity index (χ2v) is 9.48. The Morgan fingerprint density at radius 3 is 2.02 bits per heavy atom. The van der Waals surface area contributed by atoms with Crippen molar-refractivity contribution in [3.8, 4) is 45.8 Å². The molecule has 16 heteroatoms. The van der Waals surface area contributed by atoms with E-state index in [4.69, 9.17) is 13.9 Å². The molecule has 1 saturated heterocycles. The van der Waals surface area contributed by atoms with Crippen LogP contribution in [0.1, 0.15) is 6.92 Å². The molecule has 1 aliphatic rings. The Bertz CT molecular complexity index is 1480. The molecule has 41 heavy (non-hydrogen) atoms. The maximum absolute atomic E-state index is 13.6. The van der Waals surface area contributed by atoms with Crippen LogP contribution in [0.15, 0.2) is 33.5 Å². The quantitative estimate of drug-likeness (QED) is 0.102. The smallest absolute Gasteiger partial charge is 0.239 e. The van der Waals surface area contributed by atoms with E-state index in [0.29, 0.717) is 0 Å². The molecule has 16 nitrogen and oxygen atoms in total. The number of phenolic OH excluding ortho intramolecular Hbond substituents is 5. The van der Waals surface area contributed by atoms with Gasteiger partial charge in [-0.3, -0.25) is 4.79 Å². The van der Waals surface area contributed by atoms with Crippen LogP contribution in [0.3, 0.4) is 0 Å². The minimum atomic E-state index is -2.20. The zero-order valence-corrected chi connectivity index (χ0v) is 21.0. The Balaban J connectivity index is 1.87. The third-order valence-corrected chi connectivity index (χ3v) is 6.72. The highest BCUT2D eigenvalue weighted by molar-refractivity contribution is 5.96. The lowest BCUT2D eigenvalue weighted by Crippen LogP contribution is -2.64. The molecule has 224 valence electrons. The summed E-state index contributed by atoms with van der Waals surface area (Å²) in [5.74, 6) is -7.09. The van der Waals surface area contributed by atoms with E-state index in [0.717, 1.165) is 6.92 Å². The van der Waals surface area contributed by atoms with Crippen LogP contribution in [-0.4, -0.2) is 116 Å². The summed E-state index contributed by atoms with van der Waals surface area (Å²) < 4.78 is 16.4. The van der Waals surface area contributed by atoms with Crippen molar-refractivity contribution in [1.82, 2.24) is 0 Å². The Morgan fingerprint density at radius 1 is 0.805 bits per heavy atom. The number of aliphatic hydroxyl groups excluding tert-OH is 7. The van der Waals surface area contributed by atoms with E-state index in [1.165, 1.54) is 24.3 Å². The number of aliphatic hydroxyl groups is 7. The Labute approximate surface area is 229 Å². The molecular formula is C25H28O16. The molecule has 4 rings (SSSR count). The molecule has 1 unspecified atom stereocenters. The van der Waals surface area contributed by atoms with Crippen LogP contribution in [0, 0.1) is 0 Å². The van der Waals surface area contributed by atoms with Crippen LogP contribution in [0.2, 0.25) is 0 Å². The standard InChI is InChI=1S/C25H28O16/c1-6(26)10(28)13(31)18(36)23-19(37)16(34)20(38)25(40-23)41-24-12(30)9-11(29)14(32)15(33)17(35)22(9)39-21(24)7-4-2-3-5-8(7)27/h2-6,10,13,16,18-20,23,25-29,31-38H,1H3/t6-,10-,13+,16+,18-,19+,20-,23-,25?/m1/s1. The third-order valence-electron chi connectivity index (χ3n) is 6.72. The lowest BCUT2D eigenvalue weighted by Gasteiger charge is -2.43. The number of phenols is 5. The normalized spacial score (nSPS) is 25.9. The molecule has 2 heterocycles. The van der Waals surface area contributed by atoms with E-state index in [9.17, 15) is 66.1 Å². The molecule has 2 aromatic carbocycles. The maximum atomic E-state index is 13.6. The molecule has 0 saturated carbocycles. The number of aromatic hydroxyl groups is 5. The number of fused-ring (bicyclic) bond motifs is 1. The summed E-state index contributed by atoms with van der Waals surface area (Å²) in [4.78, 5) is 13.6. The molecular weight excluding hydrogens is 556 g/mol. The van der Waals surface area contributed by atoms with Crippen molar-refractivity contribution in [2.24, 2.45) is 0 Å². The fourth-order valence-electron chi connectivity index (χ4n) is 4.35. The predicted molar refractivity (Wildman–Crippen MR) is 133 cm³/mol. The van der Waals surface area contributed by atoms with Crippen molar-refractivity contribution < 1.29 is 75.2 Å². The van der Waals surface area contributed by atoms with Gasteiger partial charge in [0.15, 0.2) is 17.1 Å². The zero-order valence-electron chi connectivity index (χ0n) is 21.0. The molecule has 3 aromatic rings. The lowest BCUT2D eigenvalue weighted by atomic mass is 9.90. The first-order chi connectivity index (χ1) is 19.2. The predicted octanol–water partition coefficient (Wildman–Crippen LogP) is -2.36. The minimum Gasteiger partial charge on any atom is -0.507 e. The van der Waals surface area contributed by atoms with E-state index in [1.807, 2.05) is 0 Å². The van der Waals surface area contributed by atoms with Crippen LogP contribution in [0.5, 0.6) is 34.5 Å². The van der Waals surface area contributed by atoms with Gasteiger partial charge in [-0.05, 0) is 19.1 Å². The Morgan fingerprint density at radius 2 is 1.41 bits per heavy atom. The highest BCUT2D eigenvalue weighted by Gasteiger charge is 2.50. The van der Waals surface area contributed by atoms with Crippen LogP contribution in [0.25, 0.3) is 22.3 Å². The van der Waals surface area contributed by atoms with E-state index < -0.39 is 112 Å². The van der Waals surface area contributed by atoms with Gasteiger partial charge in [0.2, 0.25) is 34.7 Å². The van der Waals surface area contributed by atoms with E-state index in [-0.39, 0.29) is 5.56 Å². The highest BCUT2D eigenvalue weighted by atomic mass is 16.7. The summed E-state index contributed by atoms with van der Waals surface area (Å²) in [5.41, 5.74) is -2.46. The van der Waals surface area contributed by atoms with Gasteiger partial charge in [-0.1, -0.05) is 12.1 Å². The minimum absolute atomic E-state index is 0.258. The summed E-state index contributed by atoms with van der Waals surface area (Å²) >= 11 is 0. The van der Waals surface area contributed by atoms with Gasteiger partial charge in [-0.25, -0.2) is 0 Å². The van der Waals surface area contributed by atoms with Crippen LogP contribution in [-0.2, 0) is 4.74 Å². The van der Waals surface area contributed by atoms with Crippen LogP contribution >= 0.6 is 0 Å². The van der Waals surface area contributed by atoms with E-state index in [2.05, 4.69) is 0 Å². The molecule has 12 N–H and O–H groups in total. The van der Waals surface area contributed by atoms with Gasteiger partial charge >= 0.3 is 0 Å². The molecule has 0 bridgehead atoms. The molecule has 0 radical (unpaired) electrons. The van der Waals surface area contributed by atoms with Gasteiger partial charge in [0.05, 0.1) is 11.7 Å². The number of hydrogen-bond donors (Lipinski definition) is 12. The van der Waals surface area contributed by atoms with Crippen molar-refractivity contribution in [2.75, 3.05) is 0 Å². The fraction of sp³-hybridized carbons (Fsp3) is 0.400. The average molecular weight is 584 g/mol. The van der Waals surface area contributed by atoms with Crippen molar-refractivity contribution in [2.45, 2.75) is 62.0 Å². The SMILES string of the molecule is C[C@@H](O)[C@@H](O)[C@H](O)[C@@H](O)[C@H]1OC(Oc2c(-c3ccccc3O)oc3c(O)c(O)c(O)c(O)c3c2=O)[C@H](O)[C@@H](O)[C@@H]1O. The second-order valence-electron chi connectivity index (χ2n) is 9.48.